The number of carbonyl (C=O) groups is 2. The van der Waals surface area contributed by atoms with Gasteiger partial charge in [0.25, 0.3) is 5.91 Å². The van der Waals surface area contributed by atoms with Crippen molar-refractivity contribution >= 4 is 11.9 Å². The van der Waals surface area contributed by atoms with Gasteiger partial charge < -0.3 is 14.7 Å². The first kappa shape index (κ1) is 17.0. The third kappa shape index (κ3) is 4.18. The van der Waals surface area contributed by atoms with Crippen LogP contribution in [-0.2, 0) is 9.59 Å². The van der Waals surface area contributed by atoms with E-state index in [1.165, 1.54) is 0 Å². The Morgan fingerprint density at radius 1 is 1.08 bits per heavy atom. The number of hydrogen-bond acceptors (Lipinski definition) is 3. The Morgan fingerprint density at radius 2 is 1.72 bits per heavy atom. The van der Waals surface area contributed by atoms with Crippen LogP contribution in [0.4, 0.5) is 0 Å². The quantitative estimate of drug-likeness (QED) is 0.877. The fraction of sp³-hybridized carbons (Fsp3) is 0.300. The summed E-state index contributed by atoms with van der Waals surface area (Å²) in [5, 5.41) is 9.10. The fourth-order valence-corrected chi connectivity index (χ4v) is 3.21. The molecule has 2 atom stereocenters. The Hall–Kier alpha value is -2.82. The highest BCUT2D eigenvalue weighted by Gasteiger charge is 2.36. The average Bonchev–Trinajstić information content (AvgIpc) is 3.08. The average molecular weight is 339 g/mol. The number of ether oxygens (including phenoxy) is 1. The largest absolute Gasteiger partial charge is 0.481 e. The molecule has 0 aliphatic carbocycles. The predicted octanol–water partition coefficient (Wildman–Crippen LogP) is 3.27. The van der Waals surface area contributed by atoms with Crippen molar-refractivity contribution < 1.29 is 19.4 Å². The lowest BCUT2D eigenvalue weighted by Crippen LogP contribution is -2.41. The first-order valence-electron chi connectivity index (χ1n) is 8.44. The lowest BCUT2D eigenvalue weighted by atomic mass is 10.1. The molecule has 25 heavy (non-hydrogen) atoms. The molecule has 0 bridgehead atoms. The van der Waals surface area contributed by atoms with Gasteiger partial charge in [0.05, 0.1) is 6.42 Å². The maximum absolute atomic E-state index is 13.2. The summed E-state index contributed by atoms with van der Waals surface area (Å²) in [7, 11) is 0. The second-order valence-corrected chi connectivity index (χ2v) is 6.15. The van der Waals surface area contributed by atoms with Crippen LogP contribution in [-0.4, -0.2) is 34.5 Å². The van der Waals surface area contributed by atoms with E-state index in [4.69, 9.17) is 9.84 Å². The van der Waals surface area contributed by atoms with Gasteiger partial charge in [0, 0.05) is 18.2 Å². The second kappa shape index (κ2) is 7.83. The van der Waals surface area contributed by atoms with Crippen LogP contribution in [0.15, 0.2) is 60.7 Å². The van der Waals surface area contributed by atoms with Gasteiger partial charge >= 0.3 is 5.97 Å². The topological polar surface area (TPSA) is 66.8 Å². The van der Waals surface area contributed by atoms with Gasteiger partial charge in [-0.15, -0.1) is 0 Å². The normalized spacial score (nSPS) is 17.9. The number of carboxylic acid groups (broad SMARTS) is 1. The maximum Gasteiger partial charge on any atom is 0.305 e. The zero-order valence-corrected chi connectivity index (χ0v) is 13.9. The molecule has 1 aliphatic heterocycles. The summed E-state index contributed by atoms with van der Waals surface area (Å²) < 4.78 is 5.99. The SMILES string of the molecule is O=C(O)CC1CCCN1C(=O)C(Oc1ccccc1)c1ccccc1. The van der Waals surface area contributed by atoms with Gasteiger partial charge in [0.15, 0.2) is 0 Å². The minimum atomic E-state index is -0.884. The summed E-state index contributed by atoms with van der Waals surface area (Å²) in [5.74, 6) is -0.456. The molecule has 130 valence electrons. The summed E-state index contributed by atoms with van der Waals surface area (Å²) in [6.45, 7) is 0.568. The minimum absolute atomic E-state index is 0.0292. The Kier molecular flexibility index (Phi) is 5.33. The van der Waals surface area contributed by atoms with Gasteiger partial charge in [-0.2, -0.15) is 0 Å². The highest BCUT2D eigenvalue weighted by atomic mass is 16.5. The standard InChI is InChI=1S/C20H21NO4/c22-18(23)14-16-10-7-13-21(16)20(24)19(15-8-3-1-4-9-15)25-17-11-5-2-6-12-17/h1-6,8-9,11-12,16,19H,7,10,13-14H2,(H,22,23). The molecule has 1 N–H and O–H groups in total. The van der Waals surface area contributed by atoms with Gasteiger partial charge in [0.1, 0.15) is 5.75 Å². The molecule has 1 aliphatic rings. The number of hydrogen-bond donors (Lipinski definition) is 1. The highest BCUT2D eigenvalue weighted by Crippen LogP contribution is 2.28. The Morgan fingerprint density at radius 3 is 2.36 bits per heavy atom. The van der Waals surface area contributed by atoms with Gasteiger partial charge in [-0.25, -0.2) is 0 Å². The van der Waals surface area contributed by atoms with Crippen LogP contribution in [0.3, 0.4) is 0 Å². The van der Waals surface area contributed by atoms with Crippen molar-refractivity contribution in [2.24, 2.45) is 0 Å². The first-order chi connectivity index (χ1) is 12.1. The zero-order chi connectivity index (χ0) is 17.6. The number of benzene rings is 2. The summed E-state index contributed by atoms with van der Waals surface area (Å²) in [6.07, 6.45) is 0.720. The van der Waals surface area contributed by atoms with Crippen molar-refractivity contribution in [1.82, 2.24) is 4.90 Å². The number of para-hydroxylation sites is 1. The zero-order valence-electron chi connectivity index (χ0n) is 13.9. The molecule has 1 heterocycles. The number of likely N-dealkylation sites (tertiary alicyclic amines) is 1. The van der Waals surface area contributed by atoms with Crippen LogP contribution in [0.25, 0.3) is 0 Å². The van der Waals surface area contributed by atoms with Crippen LogP contribution >= 0.6 is 0 Å². The lowest BCUT2D eigenvalue weighted by molar-refractivity contribution is -0.143. The molecule has 2 aromatic carbocycles. The van der Waals surface area contributed by atoms with E-state index in [9.17, 15) is 9.59 Å². The van der Waals surface area contributed by atoms with E-state index in [1.54, 1.807) is 4.90 Å². The molecule has 5 nitrogen and oxygen atoms in total. The van der Waals surface area contributed by atoms with Crippen molar-refractivity contribution in [3.63, 3.8) is 0 Å². The van der Waals surface area contributed by atoms with Crippen molar-refractivity contribution in [2.45, 2.75) is 31.4 Å². The smallest absolute Gasteiger partial charge is 0.305 e. The fourth-order valence-electron chi connectivity index (χ4n) is 3.21. The molecular formula is C20H21NO4. The van der Waals surface area contributed by atoms with E-state index >= 15 is 0 Å². The number of carboxylic acids is 1. The number of nitrogens with zero attached hydrogens (tertiary/aromatic N) is 1. The highest BCUT2D eigenvalue weighted by molar-refractivity contribution is 5.84. The van der Waals surface area contributed by atoms with E-state index in [1.807, 2.05) is 60.7 Å². The molecule has 2 unspecified atom stereocenters. The molecule has 0 radical (unpaired) electrons. The van der Waals surface area contributed by atoms with Crippen molar-refractivity contribution in [1.29, 1.82) is 0 Å². The number of amides is 1. The lowest BCUT2D eigenvalue weighted by Gasteiger charge is -2.28. The Balaban J connectivity index is 1.85. The monoisotopic (exact) mass is 339 g/mol. The maximum atomic E-state index is 13.2. The van der Waals surface area contributed by atoms with Crippen molar-refractivity contribution in [3.8, 4) is 5.75 Å². The van der Waals surface area contributed by atoms with E-state index in [0.29, 0.717) is 18.7 Å². The molecule has 0 saturated carbocycles. The van der Waals surface area contributed by atoms with Gasteiger partial charge in [-0.3, -0.25) is 9.59 Å². The van der Waals surface area contributed by atoms with Gasteiger partial charge in [0.2, 0.25) is 6.10 Å². The molecule has 1 amide bonds. The van der Waals surface area contributed by atoms with Crippen LogP contribution < -0.4 is 4.74 Å². The van der Waals surface area contributed by atoms with Crippen molar-refractivity contribution in [2.75, 3.05) is 6.54 Å². The number of aliphatic carboxylic acids is 1. The van der Waals surface area contributed by atoms with E-state index in [2.05, 4.69) is 0 Å². The number of carbonyl (C=O) groups excluding carboxylic acids is 1. The molecule has 5 heteroatoms. The third-order valence-electron chi connectivity index (χ3n) is 4.39. The molecule has 1 fully saturated rings. The van der Waals surface area contributed by atoms with Gasteiger partial charge in [-0.05, 0) is 25.0 Å². The summed E-state index contributed by atoms with van der Waals surface area (Å²) in [5.41, 5.74) is 0.761. The van der Waals surface area contributed by atoms with Gasteiger partial charge in [-0.1, -0.05) is 48.5 Å². The first-order valence-corrected chi connectivity index (χ1v) is 8.44. The Labute approximate surface area is 146 Å². The summed E-state index contributed by atoms with van der Waals surface area (Å²) in [4.78, 5) is 25.9. The molecule has 3 rings (SSSR count). The van der Waals surface area contributed by atoms with Crippen LogP contribution in [0.2, 0.25) is 0 Å². The molecule has 2 aromatic rings. The van der Waals surface area contributed by atoms with Crippen molar-refractivity contribution in [3.05, 3.63) is 66.2 Å². The van der Waals surface area contributed by atoms with Crippen LogP contribution in [0.5, 0.6) is 5.75 Å². The summed E-state index contributed by atoms with van der Waals surface area (Å²) >= 11 is 0. The van der Waals surface area contributed by atoms with Crippen LogP contribution in [0.1, 0.15) is 30.9 Å². The molecule has 1 saturated heterocycles. The number of rotatable bonds is 6. The molecule has 0 spiro atoms. The van der Waals surface area contributed by atoms with Crippen LogP contribution in [0, 0.1) is 0 Å². The Bertz CT molecular complexity index is 717. The predicted molar refractivity (Wildman–Crippen MR) is 93.2 cm³/mol. The summed E-state index contributed by atoms with van der Waals surface area (Å²) in [6, 6.07) is 18.3. The molecule has 0 aromatic heterocycles. The minimum Gasteiger partial charge on any atom is -0.481 e. The van der Waals surface area contributed by atoms with E-state index in [0.717, 1.165) is 12.0 Å². The van der Waals surface area contributed by atoms with E-state index in [-0.39, 0.29) is 18.4 Å². The molecular weight excluding hydrogens is 318 g/mol. The third-order valence-corrected chi connectivity index (χ3v) is 4.39. The van der Waals surface area contributed by atoms with E-state index < -0.39 is 12.1 Å². The second-order valence-electron chi connectivity index (χ2n) is 6.15.